The molecule has 8 heteroatoms. The van der Waals surface area contributed by atoms with Crippen molar-refractivity contribution in [3.05, 3.63) is 51.3 Å². The highest BCUT2D eigenvalue weighted by Crippen LogP contribution is 2.41. The maximum Gasteiger partial charge on any atom is 0.341 e. The minimum absolute atomic E-state index is 0.0212. The van der Waals surface area contributed by atoms with Crippen LogP contribution in [0.4, 0.5) is 14.5 Å². The van der Waals surface area contributed by atoms with Crippen LogP contribution in [0.3, 0.4) is 0 Å². The van der Waals surface area contributed by atoms with Gasteiger partial charge in [-0.15, -0.1) is 0 Å². The Morgan fingerprint density at radius 1 is 1.24 bits per heavy atom. The molecule has 152 valence electrons. The number of benzene rings is 1. The molecule has 1 saturated carbocycles. The molecular weight excluding hydrogens is 380 g/mol. The monoisotopic (exact) mass is 401 g/mol. The molecule has 2 heterocycles. The molecule has 0 amide bonds. The van der Waals surface area contributed by atoms with Crippen molar-refractivity contribution in [3.8, 4) is 0 Å². The summed E-state index contributed by atoms with van der Waals surface area (Å²) in [6.07, 6.45) is 6.53. The van der Waals surface area contributed by atoms with Gasteiger partial charge in [0.1, 0.15) is 17.1 Å². The largest absolute Gasteiger partial charge is 0.477 e. The molecule has 2 aromatic rings. The number of carboxylic acids is 1. The number of rotatable bonds is 3. The maximum atomic E-state index is 15.7. The van der Waals surface area contributed by atoms with Gasteiger partial charge in [0.2, 0.25) is 5.43 Å². The fourth-order valence-corrected chi connectivity index (χ4v) is 4.73. The number of hydrogen-bond acceptors (Lipinski definition) is 4. The predicted octanol–water partition coefficient (Wildman–Crippen LogP) is 2.80. The number of nitrogens with zero attached hydrogens (tertiary/aromatic N) is 2. The number of fused-ring (bicyclic) bond motifs is 2. The van der Waals surface area contributed by atoms with E-state index in [1.165, 1.54) is 10.8 Å². The van der Waals surface area contributed by atoms with E-state index in [1.807, 2.05) is 0 Å². The van der Waals surface area contributed by atoms with Crippen LogP contribution in [-0.2, 0) is 0 Å². The highest BCUT2D eigenvalue weighted by atomic mass is 19.1. The fourth-order valence-electron chi connectivity index (χ4n) is 4.73. The smallest absolute Gasteiger partial charge is 0.341 e. The first kappa shape index (κ1) is 18.3. The third-order valence-electron chi connectivity index (χ3n) is 6.36. The van der Waals surface area contributed by atoms with E-state index in [0.717, 1.165) is 37.3 Å². The number of aromatic carboxylic acids is 1. The number of carboxylic acid groups (broad SMARTS) is 1. The van der Waals surface area contributed by atoms with Crippen molar-refractivity contribution in [2.24, 2.45) is 11.7 Å². The van der Waals surface area contributed by atoms with Gasteiger partial charge in [-0.25, -0.2) is 13.6 Å². The topological polar surface area (TPSA) is 88.6 Å². The summed E-state index contributed by atoms with van der Waals surface area (Å²) in [5.41, 5.74) is 5.78. The Kier molecular flexibility index (Phi) is 4.03. The Morgan fingerprint density at radius 3 is 2.66 bits per heavy atom. The number of anilines is 1. The van der Waals surface area contributed by atoms with Gasteiger partial charge in [-0.1, -0.05) is 6.08 Å². The predicted molar refractivity (Wildman–Crippen MR) is 104 cm³/mol. The van der Waals surface area contributed by atoms with Crippen LogP contribution in [0.25, 0.3) is 10.9 Å². The van der Waals surface area contributed by atoms with Crippen LogP contribution in [0.1, 0.15) is 42.1 Å². The third-order valence-corrected chi connectivity index (χ3v) is 6.36. The second-order valence-corrected chi connectivity index (χ2v) is 8.24. The molecule has 0 bridgehead atoms. The van der Waals surface area contributed by atoms with E-state index in [9.17, 15) is 14.7 Å². The van der Waals surface area contributed by atoms with Gasteiger partial charge in [0.25, 0.3) is 0 Å². The van der Waals surface area contributed by atoms with E-state index in [0.29, 0.717) is 13.1 Å². The number of hydrogen-bond donors (Lipinski definition) is 2. The van der Waals surface area contributed by atoms with Gasteiger partial charge in [0, 0.05) is 37.3 Å². The standard InChI is InChI=1S/C21H21F2N3O3/c22-15-6-12-18(26(11-4-5-11)9-14(20(12)27)21(28)29)17(23)19(15)25-7-10-2-1-3-16(24)13(10)8-25/h2,6,9,11,13,16H,1,3-5,7-8,24H2,(H,28,29)/t13-,16+/m1/s1. The molecular formula is C21H21F2N3O3. The van der Waals surface area contributed by atoms with Crippen LogP contribution in [0.2, 0.25) is 0 Å². The second kappa shape index (κ2) is 6.38. The van der Waals surface area contributed by atoms with Gasteiger partial charge >= 0.3 is 5.97 Å². The minimum Gasteiger partial charge on any atom is -0.477 e. The first-order valence-electron chi connectivity index (χ1n) is 9.86. The zero-order valence-electron chi connectivity index (χ0n) is 15.7. The summed E-state index contributed by atoms with van der Waals surface area (Å²) in [4.78, 5) is 25.7. The molecule has 0 spiro atoms. The van der Waals surface area contributed by atoms with Crippen LogP contribution >= 0.6 is 0 Å². The Morgan fingerprint density at radius 2 is 2.00 bits per heavy atom. The van der Waals surface area contributed by atoms with E-state index in [4.69, 9.17) is 5.73 Å². The lowest BCUT2D eigenvalue weighted by Crippen LogP contribution is -2.34. The molecule has 0 unspecified atom stereocenters. The third kappa shape index (κ3) is 2.77. The molecule has 0 radical (unpaired) electrons. The molecule has 2 fully saturated rings. The lowest BCUT2D eigenvalue weighted by atomic mass is 9.86. The van der Waals surface area contributed by atoms with Crippen molar-refractivity contribution < 1.29 is 18.7 Å². The number of halogens is 2. The lowest BCUT2D eigenvalue weighted by Gasteiger charge is -2.24. The van der Waals surface area contributed by atoms with Crippen molar-refractivity contribution in [3.63, 3.8) is 0 Å². The van der Waals surface area contributed by atoms with Gasteiger partial charge in [0.05, 0.1) is 10.9 Å². The minimum atomic E-state index is -1.40. The van der Waals surface area contributed by atoms with E-state index in [1.54, 1.807) is 4.90 Å². The van der Waals surface area contributed by atoms with E-state index in [-0.39, 0.29) is 34.6 Å². The Bertz CT molecular complexity index is 1140. The molecule has 6 nitrogen and oxygen atoms in total. The first-order chi connectivity index (χ1) is 13.9. The average Bonchev–Trinajstić information content (AvgIpc) is 3.42. The summed E-state index contributed by atoms with van der Waals surface area (Å²) in [6, 6.07) is 0.869. The first-order valence-corrected chi connectivity index (χ1v) is 9.86. The molecule has 1 aliphatic heterocycles. The second-order valence-electron chi connectivity index (χ2n) is 8.24. The normalized spacial score (nSPS) is 24.0. The summed E-state index contributed by atoms with van der Waals surface area (Å²) >= 11 is 0. The quantitative estimate of drug-likeness (QED) is 0.772. The molecule has 1 aromatic carbocycles. The molecule has 3 aliphatic rings. The summed E-state index contributed by atoms with van der Waals surface area (Å²) in [5, 5.41) is 9.10. The van der Waals surface area contributed by atoms with Crippen LogP contribution in [0.5, 0.6) is 0 Å². The number of pyridine rings is 1. The van der Waals surface area contributed by atoms with E-state index < -0.39 is 28.6 Å². The zero-order chi connectivity index (χ0) is 20.4. The van der Waals surface area contributed by atoms with Gasteiger partial charge in [0.15, 0.2) is 5.82 Å². The Balaban J connectivity index is 1.71. The van der Waals surface area contributed by atoms with Crippen LogP contribution < -0.4 is 16.1 Å². The maximum absolute atomic E-state index is 15.7. The number of allylic oxidation sites excluding steroid dienone is 1. The van der Waals surface area contributed by atoms with Gasteiger partial charge < -0.3 is 20.3 Å². The highest BCUT2D eigenvalue weighted by molar-refractivity contribution is 5.94. The van der Waals surface area contributed by atoms with Crippen LogP contribution in [0, 0.1) is 17.6 Å². The van der Waals surface area contributed by atoms with Crippen molar-refractivity contribution in [2.75, 3.05) is 18.0 Å². The zero-order valence-corrected chi connectivity index (χ0v) is 15.7. The summed E-state index contributed by atoms with van der Waals surface area (Å²) < 4.78 is 32.2. The Labute approximate surface area is 165 Å². The SMILES string of the molecule is N[C@H]1CCC=C2CN(c3c(F)cc4c(=O)c(C(=O)O)cn(C5CC5)c4c3F)C[C@H]21. The van der Waals surface area contributed by atoms with Gasteiger partial charge in [-0.3, -0.25) is 4.79 Å². The molecule has 5 rings (SSSR count). The number of aromatic nitrogens is 1. The highest BCUT2D eigenvalue weighted by Gasteiger charge is 2.37. The van der Waals surface area contributed by atoms with Crippen molar-refractivity contribution >= 4 is 22.6 Å². The number of nitrogens with two attached hydrogens (primary N) is 1. The summed E-state index contributed by atoms with van der Waals surface area (Å²) in [5.74, 6) is -3.00. The molecule has 2 atom stereocenters. The summed E-state index contributed by atoms with van der Waals surface area (Å²) in [7, 11) is 0. The molecule has 1 saturated heterocycles. The molecule has 29 heavy (non-hydrogen) atoms. The molecule has 1 aromatic heterocycles. The van der Waals surface area contributed by atoms with E-state index in [2.05, 4.69) is 6.08 Å². The Hall–Kier alpha value is -2.74. The van der Waals surface area contributed by atoms with E-state index >= 15 is 8.78 Å². The number of carbonyl (C=O) groups is 1. The molecule has 3 N–H and O–H groups in total. The van der Waals surface area contributed by atoms with Crippen LogP contribution in [0.15, 0.2) is 28.7 Å². The van der Waals surface area contributed by atoms with Gasteiger partial charge in [-0.05, 0) is 37.3 Å². The fraction of sp³-hybridized carbons (Fsp3) is 0.429. The molecule has 2 aliphatic carbocycles. The van der Waals surface area contributed by atoms with Gasteiger partial charge in [-0.2, -0.15) is 0 Å². The van der Waals surface area contributed by atoms with Crippen molar-refractivity contribution in [2.45, 2.75) is 37.8 Å². The average molecular weight is 401 g/mol. The van der Waals surface area contributed by atoms with Crippen LogP contribution in [-0.4, -0.2) is 34.8 Å². The van der Waals surface area contributed by atoms with Crippen molar-refractivity contribution in [1.29, 1.82) is 0 Å². The van der Waals surface area contributed by atoms with Crippen molar-refractivity contribution in [1.82, 2.24) is 4.57 Å². The summed E-state index contributed by atoms with van der Waals surface area (Å²) in [6.45, 7) is 0.825. The lowest BCUT2D eigenvalue weighted by molar-refractivity contribution is 0.0695.